The van der Waals surface area contributed by atoms with E-state index in [9.17, 15) is 9.18 Å². The number of hydrogen-bond acceptors (Lipinski definition) is 1. The van der Waals surface area contributed by atoms with E-state index in [4.69, 9.17) is 0 Å². The van der Waals surface area contributed by atoms with E-state index in [1.54, 1.807) is 18.0 Å². The lowest BCUT2D eigenvalue weighted by molar-refractivity contribution is -0.119. The molecule has 0 aliphatic carbocycles. The van der Waals surface area contributed by atoms with E-state index >= 15 is 0 Å². The second kappa shape index (κ2) is 4.19. The molecule has 1 unspecified atom stereocenters. The van der Waals surface area contributed by atoms with Gasteiger partial charge in [-0.05, 0) is 36.2 Å². The van der Waals surface area contributed by atoms with E-state index in [-0.39, 0.29) is 17.6 Å². The zero-order chi connectivity index (χ0) is 13.6. The largest absolute Gasteiger partial charge is 0.314 e. The fourth-order valence-electron chi connectivity index (χ4n) is 2.67. The van der Waals surface area contributed by atoms with E-state index < -0.39 is 0 Å². The van der Waals surface area contributed by atoms with Crippen molar-refractivity contribution in [2.75, 3.05) is 11.9 Å². The number of benzene rings is 2. The monoisotopic (exact) mass is 255 g/mol. The molecule has 0 aromatic heterocycles. The SMILES string of the molecule is CC1C(=O)N(C)c2cc(F)ccc2-c2ccccc21. The van der Waals surface area contributed by atoms with E-state index in [1.165, 1.54) is 12.1 Å². The Morgan fingerprint density at radius 1 is 1.11 bits per heavy atom. The maximum Gasteiger partial charge on any atom is 0.234 e. The number of fused-ring (bicyclic) bond motifs is 3. The Kier molecular flexibility index (Phi) is 2.63. The third-order valence-electron chi connectivity index (χ3n) is 3.74. The zero-order valence-corrected chi connectivity index (χ0v) is 10.9. The van der Waals surface area contributed by atoms with Gasteiger partial charge in [0.2, 0.25) is 5.91 Å². The molecule has 1 atom stereocenters. The van der Waals surface area contributed by atoms with Crippen molar-refractivity contribution in [3.63, 3.8) is 0 Å². The minimum absolute atomic E-state index is 0.0169. The molecule has 0 saturated heterocycles. The molecule has 3 rings (SSSR count). The minimum atomic E-state index is -0.328. The Hall–Kier alpha value is -2.16. The predicted molar refractivity (Wildman–Crippen MR) is 73.7 cm³/mol. The summed E-state index contributed by atoms with van der Waals surface area (Å²) < 4.78 is 13.5. The Balaban J connectivity index is 2.36. The first kappa shape index (κ1) is 11.9. The smallest absolute Gasteiger partial charge is 0.234 e. The van der Waals surface area contributed by atoms with Gasteiger partial charge in [0.15, 0.2) is 0 Å². The Morgan fingerprint density at radius 2 is 1.84 bits per heavy atom. The summed E-state index contributed by atoms with van der Waals surface area (Å²) in [5, 5.41) is 0. The molecule has 0 bridgehead atoms. The number of carbonyl (C=O) groups is 1. The van der Waals surface area contributed by atoms with Gasteiger partial charge in [0.1, 0.15) is 5.82 Å². The van der Waals surface area contributed by atoms with Crippen molar-refractivity contribution < 1.29 is 9.18 Å². The molecule has 0 fully saturated rings. The van der Waals surface area contributed by atoms with Gasteiger partial charge in [-0.2, -0.15) is 0 Å². The van der Waals surface area contributed by atoms with Gasteiger partial charge in [0, 0.05) is 12.6 Å². The second-order valence-corrected chi connectivity index (χ2v) is 4.87. The molecule has 0 radical (unpaired) electrons. The molecule has 2 nitrogen and oxygen atoms in total. The highest BCUT2D eigenvalue weighted by Gasteiger charge is 2.29. The first-order valence-corrected chi connectivity index (χ1v) is 6.26. The van der Waals surface area contributed by atoms with Crippen molar-refractivity contribution >= 4 is 11.6 Å². The number of carbonyl (C=O) groups excluding carboxylic acids is 1. The summed E-state index contributed by atoms with van der Waals surface area (Å²) in [4.78, 5) is 13.9. The van der Waals surface area contributed by atoms with Crippen LogP contribution in [0.5, 0.6) is 0 Å². The fraction of sp³-hybridized carbons (Fsp3) is 0.188. The third kappa shape index (κ3) is 1.73. The molecule has 2 aromatic carbocycles. The molecule has 1 amide bonds. The lowest BCUT2D eigenvalue weighted by atomic mass is 9.92. The summed E-state index contributed by atoms with van der Waals surface area (Å²) in [7, 11) is 1.70. The van der Waals surface area contributed by atoms with Crippen molar-refractivity contribution in [1.29, 1.82) is 0 Å². The molecule has 1 heterocycles. The number of nitrogens with zero attached hydrogens (tertiary/aromatic N) is 1. The molecule has 0 spiro atoms. The summed E-state index contributed by atoms with van der Waals surface area (Å²) in [6, 6.07) is 12.4. The quantitative estimate of drug-likeness (QED) is 0.704. The van der Waals surface area contributed by atoms with E-state index in [1.807, 2.05) is 31.2 Å². The molecule has 0 N–H and O–H groups in total. The molecule has 19 heavy (non-hydrogen) atoms. The van der Waals surface area contributed by atoms with Crippen molar-refractivity contribution in [2.45, 2.75) is 12.8 Å². The van der Waals surface area contributed by atoms with Crippen molar-refractivity contribution in [3.05, 3.63) is 53.8 Å². The lowest BCUT2D eigenvalue weighted by Gasteiger charge is -2.19. The van der Waals surface area contributed by atoms with Crippen LogP contribution < -0.4 is 4.90 Å². The van der Waals surface area contributed by atoms with Gasteiger partial charge in [0.25, 0.3) is 0 Å². The molecule has 3 heteroatoms. The average molecular weight is 255 g/mol. The normalized spacial score (nSPS) is 17.7. The fourth-order valence-corrected chi connectivity index (χ4v) is 2.67. The van der Waals surface area contributed by atoms with Gasteiger partial charge in [-0.3, -0.25) is 4.79 Å². The highest BCUT2D eigenvalue weighted by Crippen LogP contribution is 2.40. The van der Waals surface area contributed by atoms with Gasteiger partial charge < -0.3 is 4.90 Å². The van der Waals surface area contributed by atoms with Crippen LogP contribution in [-0.4, -0.2) is 13.0 Å². The van der Waals surface area contributed by atoms with Crippen LogP contribution in [0.25, 0.3) is 11.1 Å². The highest BCUT2D eigenvalue weighted by molar-refractivity contribution is 6.04. The van der Waals surface area contributed by atoms with Crippen LogP contribution in [0, 0.1) is 5.82 Å². The zero-order valence-electron chi connectivity index (χ0n) is 10.9. The highest BCUT2D eigenvalue weighted by atomic mass is 19.1. The topological polar surface area (TPSA) is 20.3 Å². The van der Waals surface area contributed by atoms with E-state index in [0.717, 1.165) is 16.7 Å². The van der Waals surface area contributed by atoms with Crippen LogP contribution in [0.2, 0.25) is 0 Å². The number of hydrogen-bond donors (Lipinski definition) is 0. The van der Waals surface area contributed by atoms with Gasteiger partial charge in [0.05, 0.1) is 11.6 Å². The Bertz CT molecular complexity index is 666. The van der Waals surface area contributed by atoms with Crippen LogP contribution in [0.4, 0.5) is 10.1 Å². The standard InChI is InChI=1S/C16H14FNO/c1-10-12-5-3-4-6-13(12)14-8-7-11(17)9-15(14)18(2)16(10)19/h3-10H,1-2H3. The van der Waals surface area contributed by atoms with Crippen molar-refractivity contribution in [3.8, 4) is 11.1 Å². The predicted octanol–water partition coefficient (Wildman–Crippen LogP) is 3.57. The molecule has 2 aromatic rings. The number of rotatable bonds is 0. The third-order valence-corrected chi connectivity index (χ3v) is 3.74. The molecule has 1 aliphatic heterocycles. The average Bonchev–Trinajstić information content (AvgIpc) is 2.51. The summed E-state index contributed by atoms with van der Waals surface area (Å²) in [5.74, 6) is -0.570. The minimum Gasteiger partial charge on any atom is -0.314 e. The Labute approximate surface area is 111 Å². The first-order chi connectivity index (χ1) is 9.09. The van der Waals surface area contributed by atoms with Crippen molar-refractivity contribution in [1.82, 2.24) is 0 Å². The summed E-state index contributed by atoms with van der Waals surface area (Å²) in [5.41, 5.74) is 3.52. The maximum absolute atomic E-state index is 13.5. The van der Waals surface area contributed by atoms with Gasteiger partial charge >= 0.3 is 0 Å². The number of halogens is 1. The number of anilines is 1. The van der Waals surface area contributed by atoms with Crippen molar-refractivity contribution in [2.24, 2.45) is 0 Å². The molecular formula is C16H14FNO. The van der Waals surface area contributed by atoms with Crippen LogP contribution in [0.15, 0.2) is 42.5 Å². The van der Waals surface area contributed by atoms with Gasteiger partial charge in [-0.25, -0.2) is 4.39 Å². The summed E-state index contributed by atoms with van der Waals surface area (Å²) in [6.45, 7) is 1.89. The molecule has 1 aliphatic rings. The van der Waals surface area contributed by atoms with E-state index in [2.05, 4.69) is 0 Å². The van der Waals surface area contributed by atoms with Crippen LogP contribution in [0.3, 0.4) is 0 Å². The summed E-state index contributed by atoms with van der Waals surface area (Å²) >= 11 is 0. The van der Waals surface area contributed by atoms with Crippen LogP contribution in [-0.2, 0) is 4.79 Å². The van der Waals surface area contributed by atoms with Gasteiger partial charge in [-0.1, -0.05) is 24.3 Å². The molecule has 0 saturated carbocycles. The second-order valence-electron chi connectivity index (χ2n) is 4.87. The molecule has 96 valence electrons. The summed E-state index contributed by atoms with van der Waals surface area (Å²) in [6.07, 6.45) is 0. The number of likely N-dealkylation sites (N-methyl/N-ethyl adjacent to an activating group) is 1. The van der Waals surface area contributed by atoms with Crippen LogP contribution in [0.1, 0.15) is 18.4 Å². The first-order valence-electron chi connectivity index (χ1n) is 6.26. The Morgan fingerprint density at radius 3 is 2.63 bits per heavy atom. The van der Waals surface area contributed by atoms with Crippen LogP contribution >= 0.6 is 0 Å². The lowest BCUT2D eigenvalue weighted by Crippen LogP contribution is -2.29. The van der Waals surface area contributed by atoms with E-state index in [0.29, 0.717) is 5.69 Å². The van der Waals surface area contributed by atoms with Gasteiger partial charge in [-0.15, -0.1) is 0 Å². The molecular weight excluding hydrogens is 241 g/mol. The number of amides is 1. The maximum atomic E-state index is 13.5.